The molecule has 2 unspecified atom stereocenters. The third kappa shape index (κ3) is 6.08. The van der Waals surface area contributed by atoms with Crippen molar-refractivity contribution in [1.82, 2.24) is 5.32 Å². The number of methoxy groups -OCH3 is 1. The summed E-state index contributed by atoms with van der Waals surface area (Å²) >= 11 is 0. The van der Waals surface area contributed by atoms with Crippen molar-refractivity contribution in [1.29, 1.82) is 0 Å². The van der Waals surface area contributed by atoms with Crippen molar-refractivity contribution in [2.24, 2.45) is 5.41 Å². The van der Waals surface area contributed by atoms with Gasteiger partial charge in [-0.05, 0) is 31.2 Å². The molecule has 0 amide bonds. The van der Waals surface area contributed by atoms with E-state index in [4.69, 9.17) is 14.2 Å². The van der Waals surface area contributed by atoms with E-state index in [2.05, 4.69) is 26.1 Å². The molecule has 1 N–H and O–H groups in total. The minimum absolute atomic E-state index is 0.318. The average molecular weight is 287 g/mol. The van der Waals surface area contributed by atoms with Crippen molar-refractivity contribution in [3.63, 3.8) is 0 Å². The predicted octanol–water partition coefficient (Wildman–Crippen LogP) is 2.61. The molecule has 4 heteroatoms. The van der Waals surface area contributed by atoms with Crippen molar-refractivity contribution in [3.05, 3.63) is 0 Å². The van der Waals surface area contributed by atoms with Gasteiger partial charge in [-0.25, -0.2) is 0 Å². The van der Waals surface area contributed by atoms with E-state index in [0.29, 0.717) is 30.8 Å². The lowest BCUT2D eigenvalue weighted by molar-refractivity contribution is -0.0564. The van der Waals surface area contributed by atoms with Gasteiger partial charge < -0.3 is 19.5 Å². The van der Waals surface area contributed by atoms with E-state index in [9.17, 15) is 0 Å². The smallest absolute Gasteiger partial charge is 0.0734 e. The molecule has 1 aliphatic carbocycles. The Balaban J connectivity index is 2.23. The molecule has 0 radical (unpaired) electrons. The Hall–Kier alpha value is -0.160. The molecule has 0 aliphatic heterocycles. The van der Waals surface area contributed by atoms with Crippen LogP contribution >= 0.6 is 0 Å². The highest BCUT2D eigenvalue weighted by atomic mass is 16.5. The maximum atomic E-state index is 6.07. The second-order valence-electron chi connectivity index (χ2n) is 6.28. The molecule has 0 aromatic heterocycles. The molecule has 1 fully saturated rings. The summed E-state index contributed by atoms with van der Waals surface area (Å²) in [4.78, 5) is 0. The van der Waals surface area contributed by atoms with Crippen LogP contribution in [0.15, 0.2) is 0 Å². The summed E-state index contributed by atoms with van der Waals surface area (Å²) in [5.41, 5.74) is 0.318. The summed E-state index contributed by atoms with van der Waals surface area (Å²) in [6.45, 7) is 10.7. The lowest BCUT2D eigenvalue weighted by atomic mass is 9.71. The summed E-state index contributed by atoms with van der Waals surface area (Å²) in [5, 5.41) is 3.61. The van der Waals surface area contributed by atoms with E-state index in [1.807, 2.05) is 0 Å². The van der Waals surface area contributed by atoms with Crippen LogP contribution in [0.1, 0.15) is 46.5 Å². The summed E-state index contributed by atoms with van der Waals surface area (Å²) in [5.74, 6) is 0. The Labute approximate surface area is 124 Å². The molecule has 0 bridgehead atoms. The minimum atomic E-state index is 0.318. The van der Waals surface area contributed by atoms with Crippen molar-refractivity contribution < 1.29 is 14.2 Å². The Morgan fingerprint density at radius 1 is 1.15 bits per heavy atom. The summed E-state index contributed by atoms with van der Waals surface area (Å²) in [6, 6.07) is 0.453. The van der Waals surface area contributed by atoms with Gasteiger partial charge in [0, 0.05) is 26.4 Å². The third-order valence-electron chi connectivity index (χ3n) is 4.14. The van der Waals surface area contributed by atoms with Gasteiger partial charge in [0.1, 0.15) is 0 Å². The van der Waals surface area contributed by atoms with E-state index in [0.717, 1.165) is 32.6 Å². The van der Waals surface area contributed by atoms with E-state index in [1.165, 1.54) is 12.8 Å². The van der Waals surface area contributed by atoms with Crippen LogP contribution in [0.5, 0.6) is 0 Å². The second-order valence-corrected chi connectivity index (χ2v) is 6.28. The van der Waals surface area contributed by atoms with Gasteiger partial charge >= 0.3 is 0 Å². The van der Waals surface area contributed by atoms with Crippen LogP contribution in [0, 0.1) is 5.41 Å². The van der Waals surface area contributed by atoms with Crippen molar-refractivity contribution >= 4 is 0 Å². The van der Waals surface area contributed by atoms with Crippen LogP contribution in [0.4, 0.5) is 0 Å². The fourth-order valence-corrected chi connectivity index (χ4v) is 3.06. The molecule has 0 saturated heterocycles. The molecule has 1 rings (SSSR count). The van der Waals surface area contributed by atoms with Crippen LogP contribution in [0.3, 0.4) is 0 Å². The fourth-order valence-electron chi connectivity index (χ4n) is 3.06. The lowest BCUT2D eigenvalue weighted by Crippen LogP contribution is -2.53. The topological polar surface area (TPSA) is 39.7 Å². The molecule has 0 spiro atoms. The molecule has 0 aromatic carbocycles. The first-order valence-electron chi connectivity index (χ1n) is 8.03. The monoisotopic (exact) mass is 287 g/mol. The van der Waals surface area contributed by atoms with E-state index in [1.54, 1.807) is 7.11 Å². The molecule has 20 heavy (non-hydrogen) atoms. The van der Waals surface area contributed by atoms with Gasteiger partial charge in [-0.2, -0.15) is 0 Å². The first kappa shape index (κ1) is 17.9. The Morgan fingerprint density at radius 2 is 1.95 bits per heavy atom. The standard InChI is InChI=1S/C16H33NO3/c1-5-17-15-14(8-6-9-16(15,2)3)20-13-12-19-11-7-10-18-4/h14-15,17H,5-13H2,1-4H3. The molecular weight excluding hydrogens is 254 g/mol. The highest BCUT2D eigenvalue weighted by Crippen LogP contribution is 2.36. The molecule has 2 atom stereocenters. The zero-order valence-corrected chi connectivity index (χ0v) is 13.7. The van der Waals surface area contributed by atoms with Gasteiger partial charge in [0.25, 0.3) is 0 Å². The van der Waals surface area contributed by atoms with Crippen molar-refractivity contribution in [3.8, 4) is 0 Å². The summed E-state index contributed by atoms with van der Waals surface area (Å²) in [6.07, 6.45) is 4.96. The highest BCUT2D eigenvalue weighted by molar-refractivity contribution is 4.94. The summed E-state index contributed by atoms with van der Waals surface area (Å²) < 4.78 is 16.6. The third-order valence-corrected chi connectivity index (χ3v) is 4.14. The maximum absolute atomic E-state index is 6.07. The lowest BCUT2D eigenvalue weighted by Gasteiger charge is -2.44. The number of nitrogens with one attached hydrogen (secondary N) is 1. The Bertz CT molecular complexity index is 246. The van der Waals surface area contributed by atoms with E-state index in [-0.39, 0.29) is 0 Å². The number of rotatable bonds is 10. The molecule has 0 aromatic rings. The summed E-state index contributed by atoms with van der Waals surface area (Å²) in [7, 11) is 1.72. The minimum Gasteiger partial charge on any atom is -0.385 e. The van der Waals surface area contributed by atoms with Gasteiger partial charge in [0.15, 0.2) is 0 Å². The van der Waals surface area contributed by atoms with Gasteiger partial charge in [0.2, 0.25) is 0 Å². The molecule has 1 aliphatic rings. The van der Waals surface area contributed by atoms with Crippen LogP contribution in [0.25, 0.3) is 0 Å². The average Bonchev–Trinajstić information content (AvgIpc) is 2.41. The Kier molecular flexibility index (Phi) is 8.69. The molecule has 120 valence electrons. The largest absolute Gasteiger partial charge is 0.385 e. The SMILES string of the molecule is CCNC1C(OCCOCCCOC)CCCC1(C)C. The molecule has 0 heterocycles. The van der Waals surface area contributed by atoms with Crippen LogP contribution < -0.4 is 5.32 Å². The van der Waals surface area contributed by atoms with Gasteiger partial charge in [-0.1, -0.05) is 27.2 Å². The van der Waals surface area contributed by atoms with E-state index >= 15 is 0 Å². The zero-order chi connectivity index (χ0) is 14.8. The molecule has 1 saturated carbocycles. The first-order chi connectivity index (χ1) is 9.61. The van der Waals surface area contributed by atoms with Gasteiger partial charge in [-0.3, -0.25) is 0 Å². The van der Waals surface area contributed by atoms with Crippen LogP contribution in [-0.4, -0.2) is 52.2 Å². The highest BCUT2D eigenvalue weighted by Gasteiger charge is 2.38. The first-order valence-corrected chi connectivity index (χ1v) is 8.03. The van der Waals surface area contributed by atoms with Crippen molar-refractivity contribution in [2.45, 2.75) is 58.6 Å². The number of hydrogen-bond donors (Lipinski definition) is 1. The fraction of sp³-hybridized carbons (Fsp3) is 1.00. The van der Waals surface area contributed by atoms with Crippen LogP contribution in [-0.2, 0) is 14.2 Å². The number of hydrogen-bond acceptors (Lipinski definition) is 4. The van der Waals surface area contributed by atoms with Crippen molar-refractivity contribution in [2.75, 3.05) is 40.1 Å². The molecule has 4 nitrogen and oxygen atoms in total. The molecular formula is C16H33NO3. The normalized spacial score (nSPS) is 25.8. The Morgan fingerprint density at radius 3 is 2.65 bits per heavy atom. The quantitative estimate of drug-likeness (QED) is 0.627. The number of likely N-dealkylation sites (N-methyl/N-ethyl adjacent to an activating group) is 1. The zero-order valence-electron chi connectivity index (χ0n) is 13.7. The van der Waals surface area contributed by atoms with Gasteiger partial charge in [-0.15, -0.1) is 0 Å². The van der Waals surface area contributed by atoms with Crippen LogP contribution in [0.2, 0.25) is 0 Å². The second kappa shape index (κ2) is 9.72. The van der Waals surface area contributed by atoms with E-state index < -0.39 is 0 Å². The van der Waals surface area contributed by atoms with Gasteiger partial charge in [0.05, 0.1) is 19.3 Å². The maximum Gasteiger partial charge on any atom is 0.0734 e. The number of ether oxygens (including phenoxy) is 3. The predicted molar refractivity (Wildman–Crippen MR) is 82.1 cm³/mol.